The van der Waals surface area contributed by atoms with Crippen LogP contribution < -0.4 is 10.1 Å². The van der Waals surface area contributed by atoms with Gasteiger partial charge in [0.25, 0.3) is 5.91 Å². The minimum atomic E-state index is -0.212. The molecule has 2 fully saturated rings. The zero-order valence-corrected chi connectivity index (χ0v) is 25.3. The molecule has 1 saturated carbocycles. The summed E-state index contributed by atoms with van der Waals surface area (Å²) in [6.45, 7) is 3.60. The van der Waals surface area contributed by atoms with E-state index < -0.39 is 0 Å². The van der Waals surface area contributed by atoms with Crippen molar-refractivity contribution in [1.29, 1.82) is 0 Å². The van der Waals surface area contributed by atoms with Crippen molar-refractivity contribution < 1.29 is 18.7 Å². The highest BCUT2D eigenvalue weighted by molar-refractivity contribution is 5.94. The predicted molar refractivity (Wildman–Crippen MR) is 167 cm³/mol. The summed E-state index contributed by atoms with van der Waals surface area (Å²) in [7, 11) is 1.63. The molecule has 6 nitrogen and oxygen atoms in total. The predicted octanol–water partition coefficient (Wildman–Crippen LogP) is 6.73. The van der Waals surface area contributed by atoms with Gasteiger partial charge in [-0.05, 0) is 78.3 Å². The van der Waals surface area contributed by atoms with E-state index in [1.807, 2.05) is 60.7 Å². The van der Waals surface area contributed by atoms with Gasteiger partial charge in [-0.2, -0.15) is 0 Å². The van der Waals surface area contributed by atoms with E-state index in [1.165, 1.54) is 37.8 Å². The second-order valence-corrected chi connectivity index (χ2v) is 12.1. The van der Waals surface area contributed by atoms with Crippen molar-refractivity contribution in [2.24, 2.45) is 5.92 Å². The monoisotopic (exact) mass is 585 g/mol. The van der Waals surface area contributed by atoms with Crippen LogP contribution in [0.4, 0.5) is 4.39 Å². The largest absolute Gasteiger partial charge is 0.497 e. The zero-order valence-electron chi connectivity index (χ0n) is 25.3. The lowest BCUT2D eigenvalue weighted by Crippen LogP contribution is -2.46. The molecule has 228 valence electrons. The quantitative estimate of drug-likeness (QED) is 0.256. The summed E-state index contributed by atoms with van der Waals surface area (Å²) in [5.74, 6) is 1.37. The summed E-state index contributed by atoms with van der Waals surface area (Å²) < 4.78 is 18.5. The van der Waals surface area contributed by atoms with Gasteiger partial charge in [-0.15, -0.1) is 0 Å². The Bertz CT molecular complexity index is 1310. The molecule has 1 aliphatic carbocycles. The van der Waals surface area contributed by atoms with Crippen LogP contribution in [0.25, 0.3) is 0 Å². The van der Waals surface area contributed by atoms with Crippen molar-refractivity contribution in [3.63, 3.8) is 0 Å². The molecule has 0 radical (unpaired) electrons. The molecule has 3 aromatic rings. The number of piperidine rings is 1. The van der Waals surface area contributed by atoms with E-state index in [2.05, 4.69) is 15.1 Å². The van der Waals surface area contributed by atoms with Crippen molar-refractivity contribution in [3.8, 4) is 5.75 Å². The Labute approximate surface area is 255 Å². The molecular formula is C36H44FN3O3. The Kier molecular flexibility index (Phi) is 10.8. The molecule has 0 atom stereocenters. The molecule has 43 heavy (non-hydrogen) atoms. The van der Waals surface area contributed by atoms with Crippen LogP contribution in [-0.4, -0.2) is 47.9 Å². The third kappa shape index (κ3) is 8.90. The molecule has 0 aromatic heterocycles. The van der Waals surface area contributed by atoms with E-state index in [-0.39, 0.29) is 23.7 Å². The normalized spacial score (nSPS) is 16.2. The number of ether oxygens (including phenoxy) is 1. The summed E-state index contributed by atoms with van der Waals surface area (Å²) in [5, 5.41) is 2.98. The topological polar surface area (TPSA) is 61.9 Å². The van der Waals surface area contributed by atoms with E-state index in [4.69, 9.17) is 4.74 Å². The number of nitrogens with one attached hydrogen (secondary N) is 1. The lowest BCUT2D eigenvalue weighted by molar-refractivity contribution is -0.135. The standard InChI is InChI=1S/C36H44FN3O3/c1-43-34-17-10-28(11-18-34)24-38-36(42)31-13-6-30(7-14-31)26-40(35(41)19-12-27-4-2-3-5-27)33-20-22-39(23-21-33)25-29-8-15-32(37)16-9-29/h6-11,13-18,27,33H,2-5,12,19-26H2,1H3,(H,38,42). The maximum atomic E-state index is 13.6. The van der Waals surface area contributed by atoms with Crippen molar-refractivity contribution >= 4 is 11.8 Å². The lowest BCUT2D eigenvalue weighted by Gasteiger charge is -2.39. The Morgan fingerprint density at radius 2 is 1.49 bits per heavy atom. The Morgan fingerprint density at radius 1 is 0.860 bits per heavy atom. The highest BCUT2D eigenvalue weighted by atomic mass is 19.1. The van der Waals surface area contributed by atoms with Crippen LogP contribution in [0.15, 0.2) is 72.8 Å². The van der Waals surface area contributed by atoms with E-state index in [9.17, 15) is 14.0 Å². The first-order chi connectivity index (χ1) is 21.0. The van der Waals surface area contributed by atoms with Crippen LogP contribution in [-0.2, 0) is 24.4 Å². The third-order valence-electron chi connectivity index (χ3n) is 9.06. The van der Waals surface area contributed by atoms with E-state index in [1.54, 1.807) is 7.11 Å². The summed E-state index contributed by atoms with van der Waals surface area (Å²) in [6.07, 6.45) is 8.49. The summed E-state index contributed by atoms with van der Waals surface area (Å²) in [4.78, 5) is 30.9. The number of nitrogens with zero attached hydrogens (tertiary/aromatic N) is 2. The van der Waals surface area contributed by atoms with Gasteiger partial charge in [0, 0.05) is 50.7 Å². The molecular weight excluding hydrogens is 541 g/mol. The van der Waals surface area contributed by atoms with Crippen molar-refractivity contribution in [2.45, 2.75) is 77.0 Å². The highest BCUT2D eigenvalue weighted by Gasteiger charge is 2.29. The number of carbonyl (C=O) groups excluding carboxylic acids is 2. The second kappa shape index (κ2) is 15.1. The van der Waals surface area contributed by atoms with Crippen molar-refractivity contribution in [2.75, 3.05) is 20.2 Å². The number of amides is 2. The second-order valence-electron chi connectivity index (χ2n) is 12.1. The first-order valence-corrected chi connectivity index (χ1v) is 15.7. The molecule has 1 heterocycles. The first kappa shape index (κ1) is 30.7. The van der Waals surface area contributed by atoms with Gasteiger partial charge in [0.15, 0.2) is 0 Å². The SMILES string of the molecule is COc1ccc(CNC(=O)c2ccc(CN(C(=O)CCC3CCCC3)C3CCN(Cc4ccc(F)cc4)CC3)cc2)cc1. The number of halogens is 1. The van der Waals surface area contributed by atoms with Gasteiger partial charge in [0.2, 0.25) is 5.91 Å². The molecule has 3 aromatic carbocycles. The fourth-order valence-corrected chi connectivity index (χ4v) is 6.41. The maximum absolute atomic E-state index is 13.6. The van der Waals surface area contributed by atoms with Gasteiger partial charge in [-0.3, -0.25) is 14.5 Å². The number of hydrogen-bond donors (Lipinski definition) is 1. The zero-order chi connectivity index (χ0) is 30.0. The summed E-state index contributed by atoms with van der Waals surface area (Å²) >= 11 is 0. The molecule has 7 heteroatoms. The fourth-order valence-electron chi connectivity index (χ4n) is 6.41. The fraction of sp³-hybridized carbons (Fsp3) is 0.444. The van der Waals surface area contributed by atoms with Gasteiger partial charge in [-0.25, -0.2) is 4.39 Å². The van der Waals surface area contributed by atoms with Gasteiger partial charge in [-0.1, -0.05) is 62.1 Å². The highest BCUT2D eigenvalue weighted by Crippen LogP contribution is 2.30. The molecule has 0 bridgehead atoms. The van der Waals surface area contributed by atoms with Gasteiger partial charge < -0.3 is 15.0 Å². The minimum absolute atomic E-state index is 0.125. The van der Waals surface area contributed by atoms with Crippen molar-refractivity contribution in [1.82, 2.24) is 15.1 Å². The van der Waals surface area contributed by atoms with Gasteiger partial charge in [0.05, 0.1) is 7.11 Å². The summed E-state index contributed by atoms with van der Waals surface area (Å²) in [6, 6.07) is 22.2. The van der Waals surface area contributed by atoms with E-state index in [0.717, 1.165) is 61.3 Å². The smallest absolute Gasteiger partial charge is 0.251 e. The Balaban J connectivity index is 1.18. The minimum Gasteiger partial charge on any atom is -0.497 e. The van der Waals surface area contributed by atoms with Gasteiger partial charge >= 0.3 is 0 Å². The number of benzene rings is 3. The molecule has 2 aliphatic rings. The molecule has 2 amide bonds. The number of carbonyl (C=O) groups is 2. The van der Waals surface area contributed by atoms with Crippen LogP contribution in [0.2, 0.25) is 0 Å². The molecule has 0 spiro atoms. The Hall–Kier alpha value is -3.71. The van der Waals surface area contributed by atoms with E-state index in [0.29, 0.717) is 31.0 Å². The maximum Gasteiger partial charge on any atom is 0.251 e. The average molecular weight is 586 g/mol. The molecule has 1 aliphatic heterocycles. The molecule has 1 N–H and O–H groups in total. The van der Waals surface area contributed by atoms with E-state index >= 15 is 0 Å². The Morgan fingerprint density at radius 3 is 2.14 bits per heavy atom. The molecule has 5 rings (SSSR count). The van der Waals surface area contributed by atoms with Crippen LogP contribution >= 0.6 is 0 Å². The summed E-state index contributed by atoms with van der Waals surface area (Å²) in [5.41, 5.74) is 3.75. The van der Waals surface area contributed by atoms with Gasteiger partial charge in [0.1, 0.15) is 11.6 Å². The lowest BCUT2D eigenvalue weighted by atomic mass is 9.98. The number of likely N-dealkylation sites (tertiary alicyclic amines) is 1. The third-order valence-corrected chi connectivity index (χ3v) is 9.06. The van der Waals surface area contributed by atoms with Crippen LogP contribution in [0.3, 0.4) is 0 Å². The van der Waals surface area contributed by atoms with Crippen LogP contribution in [0, 0.1) is 11.7 Å². The molecule has 0 unspecified atom stereocenters. The van der Waals surface area contributed by atoms with Crippen LogP contribution in [0.1, 0.15) is 78.4 Å². The molecule has 1 saturated heterocycles. The first-order valence-electron chi connectivity index (χ1n) is 15.7. The number of methoxy groups -OCH3 is 1. The van der Waals surface area contributed by atoms with Crippen LogP contribution in [0.5, 0.6) is 5.75 Å². The average Bonchev–Trinajstić information content (AvgIpc) is 3.57. The number of rotatable bonds is 12. The number of hydrogen-bond acceptors (Lipinski definition) is 4. The van der Waals surface area contributed by atoms with Crippen molar-refractivity contribution in [3.05, 3.63) is 101 Å².